The van der Waals surface area contributed by atoms with E-state index in [-0.39, 0.29) is 6.61 Å². The van der Waals surface area contributed by atoms with Crippen LogP contribution < -0.4 is 9.46 Å². The van der Waals surface area contributed by atoms with E-state index in [9.17, 15) is 8.42 Å². The highest BCUT2D eigenvalue weighted by Crippen LogP contribution is 2.21. The Bertz CT molecular complexity index is 556. The first-order valence-corrected chi connectivity index (χ1v) is 8.41. The molecule has 1 unspecified atom stereocenters. The minimum absolute atomic E-state index is 0.264. The van der Waals surface area contributed by atoms with E-state index in [1.165, 1.54) is 4.31 Å². The zero-order valence-corrected chi connectivity index (χ0v) is 13.2. The molecular weight excluding hydrogens is 292 g/mol. The van der Waals surface area contributed by atoms with Crippen LogP contribution in [0.25, 0.3) is 0 Å². The molecule has 1 atom stereocenters. The average molecular weight is 314 g/mol. The molecule has 1 aliphatic rings. The number of hydrogen-bond acceptors (Lipinski definition) is 4. The van der Waals surface area contributed by atoms with Crippen molar-refractivity contribution >= 4 is 10.2 Å². The summed E-state index contributed by atoms with van der Waals surface area (Å²) in [6.07, 6.45) is 1.82. The predicted octanol–water partition coefficient (Wildman–Crippen LogP) is 1.31. The Morgan fingerprint density at radius 2 is 2.00 bits per heavy atom. The second-order valence-electron chi connectivity index (χ2n) is 5.01. The summed E-state index contributed by atoms with van der Waals surface area (Å²) in [5, 5.41) is 0. The topological polar surface area (TPSA) is 67.9 Å². The van der Waals surface area contributed by atoms with Gasteiger partial charge in [-0.2, -0.15) is 17.4 Å². The van der Waals surface area contributed by atoms with E-state index >= 15 is 0 Å². The molecule has 7 heteroatoms. The molecule has 0 aromatic heterocycles. The first-order valence-electron chi connectivity index (χ1n) is 6.97. The molecule has 1 fully saturated rings. The van der Waals surface area contributed by atoms with E-state index in [4.69, 9.17) is 9.47 Å². The third-order valence-corrected chi connectivity index (χ3v) is 5.15. The maximum atomic E-state index is 12.4. The quantitative estimate of drug-likeness (QED) is 0.824. The van der Waals surface area contributed by atoms with Gasteiger partial charge < -0.3 is 9.47 Å². The molecule has 6 nitrogen and oxygen atoms in total. The number of nitrogens with one attached hydrogen (secondary N) is 1. The predicted molar refractivity (Wildman–Crippen MR) is 80.5 cm³/mol. The van der Waals surface area contributed by atoms with Gasteiger partial charge in [0.05, 0.1) is 19.8 Å². The molecule has 1 aromatic rings. The van der Waals surface area contributed by atoms with E-state index in [0.717, 1.165) is 18.4 Å². The summed E-state index contributed by atoms with van der Waals surface area (Å²) in [4.78, 5) is 0. The molecular formula is C14H22N2O4S. The van der Waals surface area contributed by atoms with Crippen molar-refractivity contribution in [3.63, 3.8) is 0 Å². The van der Waals surface area contributed by atoms with Crippen LogP contribution in [0.15, 0.2) is 24.3 Å². The largest absolute Gasteiger partial charge is 0.497 e. The average Bonchev–Trinajstić information content (AvgIpc) is 3.02. The van der Waals surface area contributed by atoms with Crippen LogP contribution in [-0.2, 0) is 14.9 Å². The van der Waals surface area contributed by atoms with Crippen molar-refractivity contribution in [2.24, 2.45) is 0 Å². The molecule has 118 valence electrons. The lowest BCUT2D eigenvalue weighted by Crippen LogP contribution is -2.41. The van der Waals surface area contributed by atoms with Gasteiger partial charge in [-0.15, -0.1) is 0 Å². The highest BCUT2D eigenvalue weighted by molar-refractivity contribution is 7.87. The van der Waals surface area contributed by atoms with Gasteiger partial charge >= 0.3 is 0 Å². The highest BCUT2D eigenvalue weighted by atomic mass is 32.2. The van der Waals surface area contributed by atoms with Crippen LogP contribution in [0.3, 0.4) is 0 Å². The monoisotopic (exact) mass is 314 g/mol. The van der Waals surface area contributed by atoms with E-state index in [1.807, 2.05) is 24.3 Å². The van der Waals surface area contributed by atoms with Gasteiger partial charge in [-0.25, -0.2) is 0 Å². The Morgan fingerprint density at radius 3 is 2.62 bits per heavy atom. The van der Waals surface area contributed by atoms with Crippen LogP contribution in [0.4, 0.5) is 0 Å². The lowest BCUT2D eigenvalue weighted by molar-refractivity contribution is 0.174. The molecule has 0 radical (unpaired) electrons. The number of methoxy groups -OCH3 is 2. The van der Waals surface area contributed by atoms with Crippen LogP contribution >= 0.6 is 0 Å². The van der Waals surface area contributed by atoms with E-state index < -0.39 is 16.3 Å². The molecule has 0 spiro atoms. The fourth-order valence-corrected chi connectivity index (χ4v) is 3.86. The molecule has 0 saturated carbocycles. The van der Waals surface area contributed by atoms with Crippen molar-refractivity contribution in [3.8, 4) is 5.75 Å². The summed E-state index contributed by atoms with van der Waals surface area (Å²) in [7, 11) is -0.352. The minimum atomic E-state index is -3.49. The smallest absolute Gasteiger partial charge is 0.280 e. The van der Waals surface area contributed by atoms with Gasteiger partial charge in [-0.05, 0) is 30.5 Å². The Morgan fingerprint density at radius 1 is 1.29 bits per heavy atom. The number of nitrogens with zero attached hydrogens (tertiary/aromatic N) is 1. The Hall–Kier alpha value is -1.15. The van der Waals surface area contributed by atoms with Crippen molar-refractivity contribution in [3.05, 3.63) is 29.8 Å². The minimum Gasteiger partial charge on any atom is -0.497 e. The van der Waals surface area contributed by atoms with Crippen LogP contribution in [0.1, 0.15) is 24.4 Å². The van der Waals surface area contributed by atoms with Gasteiger partial charge in [0.2, 0.25) is 0 Å². The summed E-state index contributed by atoms with van der Waals surface area (Å²) in [5.41, 5.74) is 0.818. The third-order valence-electron chi connectivity index (χ3n) is 3.53. The second-order valence-corrected chi connectivity index (χ2v) is 6.72. The molecule has 0 bridgehead atoms. The zero-order chi connectivity index (χ0) is 15.3. The van der Waals surface area contributed by atoms with Crippen LogP contribution in [-0.4, -0.2) is 46.6 Å². The van der Waals surface area contributed by atoms with Crippen LogP contribution in [0.2, 0.25) is 0 Å². The Labute approximate surface area is 126 Å². The molecule has 1 N–H and O–H groups in total. The Kier molecular flexibility index (Phi) is 5.58. The Balaban J connectivity index is 2.18. The molecule has 1 saturated heterocycles. The highest BCUT2D eigenvalue weighted by Gasteiger charge is 2.28. The van der Waals surface area contributed by atoms with Crippen molar-refractivity contribution in [1.29, 1.82) is 0 Å². The second kappa shape index (κ2) is 7.22. The summed E-state index contributed by atoms with van der Waals surface area (Å²) < 4.78 is 39.3. The van der Waals surface area contributed by atoms with Crippen molar-refractivity contribution in [2.75, 3.05) is 33.9 Å². The SMILES string of the molecule is COCC(NS(=O)(=O)N1CCCC1)c1cccc(OC)c1. The number of rotatable bonds is 7. The summed E-state index contributed by atoms with van der Waals surface area (Å²) in [6.45, 7) is 1.42. The van der Waals surface area contributed by atoms with E-state index in [2.05, 4.69) is 4.72 Å². The van der Waals surface area contributed by atoms with Gasteiger partial charge in [0.25, 0.3) is 10.2 Å². The van der Waals surface area contributed by atoms with Crippen molar-refractivity contribution in [1.82, 2.24) is 9.03 Å². The zero-order valence-electron chi connectivity index (χ0n) is 12.4. The molecule has 21 heavy (non-hydrogen) atoms. The first-order chi connectivity index (χ1) is 10.1. The maximum absolute atomic E-state index is 12.4. The van der Waals surface area contributed by atoms with Gasteiger partial charge in [0.1, 0.15) is 5.75 Å². The van der Waals surface area contributed by atoms with Gasteiger partial charge in [0.15, 0.2) is 0 Å². The lowest BCUT2D eigenvalue weighted by Gasteiger charge is -2.23. The molecule has 1 heterocycles. The molecule has 0 aliphatic carbocycles. The standard InChI is InChI=1S/C14H22N2O4S/c1-19-11-14(12-6-5-7-13(10-12)20-2)15-21(17,18)16-8-3-4-9-16/h5-7,10,14-15H,3-4,8-9,11H2,1-2H3. The molecule has 0 amide bonds. The van der Waals surface area contributed by atoms with Crippen LogP contribution in [0.5, 0.6) is 5.75 Å². The van der Waals surface area contributed by atoms with Gasteiger partial charge in [-0.3, -0.25) is 0 Å². The maximum Gasteiger partial charge on any atom is 0.280 e. The fourth-order valence-electron chi connectivity index (χ4n) is 2.41. The summed E-state index contributed by atoms with van der Waals surface area (Å²) >= 11 is 0. The van der Waals surface area contributed by atoms with Gasteiger partial charge in [-0.1, -0.05) is 12.1 Å². The summed E-state index contributed by atoms with van der Waals surface area (Å²) in [5.74, 6) is 0.689. The number of benzene rings is 1. The number of ether oxygens (including phenoxy) is 2. The molecule has 2 rings (SSSR count). The summed E-state index contributed by atoms with van der Waals surface area (Å²) in [6, 6.07) is 6.90. The third kappa shape index (κ3) is 4.16. The molecule has 1 aliphatic heterocycles. The number of hydrogen-bond donors (Lipinski definition) is 1. The van der Waals surface area contributed by atoms with Crippen LogP contribution in [0, 0.1) is 0 Å². The van der Waals surface area contributed by atoms with Gasteiger partial charge in [0, 0.05) is 20.2 Å². The van der Waals surface area contributed by atoms with Crippen molar-refractivity contribution in [2.45, 2.75) is 18.9 Å². The van der Waals surface area contributed by atoms with E-state index in [1.54, 1.807) is 14.2 Å². The lowest BCUT2D eigenvalue weighted by atomic mass is 10.1. The fraction of sp³-hybridized carbons (Fsp3) is 0.571. The normalized spacial score (nSPS) is 17.8. The molecule has 1 aromatic carbocycles. The van der Waals surface area contributed by atoms with Crippen molar-refractivity contribution < 1.29 is 17.9 Å². The van der Waals surface area contributed by atoms with E-state index in [0.29, 0.717) is 18.8 Å². The first kappa shape index (κ1) is 16.2.